The molecule has 0 aliphatic heterocycles. The van der Waals surface area contributed by atoms with Gasteiger partial charge >= 0.3 is 0 Å². The Morgan fingerprint density at radius 2 is 1.31 bits per heavy atom. The summed E-state index contributed by atoms with van der Waals surface area (Å²) in [5.41, 5.74) is 0. The van der Waals surface area contributed by atoms with Gasteiger partial charge < -0.3 is 9.53 Å². The Bertz CT molecular complexity index is 90.3. The molecule has 0 N–H and O–H groups in total. The maximum Gasteiger partial charge on any atom is 0.126 e. The van der Waals surface area contributed by atoms with Crippen molar-refractivity contribution in [1.82, 2.24) is 0 Å². The highest BCUT2D eigenvalue weighted by atomic mass is 16.5. The summed E-state index contributed by atoms with van der Waals surface area (Å²) in [7, 11) is 0. The van der Waals surface area contributed by atoms with E-state index in [1.165, 1.54) is 39.5 Å². The van der Waals surface area contributed by atoms with E-state index in [1.54, 1.807) is 0 Å². The summed E-state index contributed by atoms with van der Waals surface area (Å²) in [6.07, 6.45) is 4.91. The Labute approximate surface area is 82.7 Å². The molecule has 0 aromatic rings. The molecule has 0 spiro atoms. The number of hydrogen-bond donors (Lipinski definition) is 0. The predicted molar refractivity (Wildman–Crippen MR) is 57.0 cm³/mol. The number of rotatable bonds is 6. The van der Waals surface area contributed by atoms with E-state index in [4.69, 9.17) is 4.74 Å². The highest BCUT2D eigenvalue weighted by Crippen LogP contribution is 1.91. The fraction of sp³-hybridized carbons (Fsp3) is 0.909. The minimum atomic E-state index is 0.167. The first-order valence-corrected chi connectivity index (χ1v) is 5.20. The zero-order valence-corrected chi connectivity index (χ0v) is 9.56. The lowest BCUT2D eigenvalue weighted by molar-refractivity contribution is -0.114. The average molecular weight is 188 g/mol. The largest absolute Gasteiger partial charge is 0.381 e. The number of unbranched alkanes of at least 4 members (excludes halogenated alkanes) is 2. The van der Waals surface area contributed by atoms with E-state index in [-0.39, 0.29) is 5.78 Å². The van der Waals surface area contributed by atoms with Crippen LogP contribution in [0, 0.1) is 0 Å². The summed E-state index contributed by atoms with van der Waals surface area (Å²) in [5, 5.41) is 0. The van der Waals surface area contributed by atoms with Gasteiger partial charge in [-0.05, 0) is 26.7 Å². The van der Waals surface area contributed by atoms with E-state index < -0.39 is 0 Å². The van der Waals surface area contributed by atoms with Crippen LogP contribution in [0.15, 0.2) is 0 Å². The first-order valence-electron chi connectivity index (χ1n) is 5.20. The quantitative estimate of drug-likeness (QED) is 0.598. The van der Waals surface area contributed by atoms with Crippen LogP contribution < -0.4 is 0 Å². The van der Waals surface area contributed by atoms with Crippen molar-refractivity contribution in [1.29, 1.82) is 0 Å². The third-order valence-corrected chi connectivity index (χ3v) is 1.28. The minimum absolute atomic E-state index is 0.167. The van der Waals surface area contributed by atoms with Gasteiger partial charge in [-0.15, -0.1) is 0 Å². The molecule has 0 saturated carbocycles. The Morgan fingerprint density at radius 3 is 1.54 bits per heavy atom. The standard InChI is InChI=1S/C8H18O.C3H6O/c1-3-5-7-9-8-6-4-2;1-3(2)4/h3-8H2,1-2H3;1-2H3. The monoisotopic (exact) mass is 188 g/mol. The molecule has 0 aliphatic rings. The van der Waals surface area contributed by atoms with Crippen LogP contribution in [0.2, 0.25) is 0 Å². The lowest BCUT2D eigenvalue weighted by Crippen LogP contribution is -1.95. The van der Waals surface area contributed by atoms with E-state index in [0.717, 1.165) is 13.2 Å². The molecule has 0 aromatic heterocycles. The summed E-state index contributed by atoms with van der Waals surface area (Å²) in [6.45, 7) is 9.33. The Balaban J connectivity index is 0. The summed E-state index contributed by atoms with van der Waals surface area (Å²) < 4.78 is 5.31. The molecule has 0 atom stereocenters. The minimum Gasteiger partial charge on any atom is -0.381 e. The molecule has 0 amide bonds. The van der Waals surface area contributed by atoms with Gasteiger partial charge in [0.25, 0.3) is 0 Å². The van der Waals surface area contributed by atoms with Crippen LogP contribution in [0.5, 0.6) is 0 Å². The molecule has 0 unspecified atom stereocenters. The number of ether oxygens (including phenoxy) is 1. The van der Waals surface area contributed by atoms with Crippen LogP contribution in [0.25, 0.3) is 0 Å². The van der Waals surface area contributed by atoms with Crippen LogP contribution in [-0.2, 0) is 9.53 Å². The number of carbonyl (C=O) groups excluding carboxylic acids is 1. The van der Waals surface area contributed by atoms with Crippen molar-refractivity contribution in [3.63, 3.8) is 0 Å². The van der Waals surface area contributed by atoms with Crippen molar-refractivity contribution in [2.45, 2.75) is 53.4 Å². The molecule has 0 radical (unpaired) electrons. The van der Waals surface area contributed by atoms with Gasteiger partial charge in [-0.2, -0.15) is 0 Å². The molecule has 80 valence electrons. The summed E-state index contributed by atoms with van der Waals surface area (Å²) in [5.74, 6) is 0.167. The highest BCUT2D eigenvalue weighted by Gasteiger charge is 1.84. The number of carbonyl (C=O) groups is 1. The average Bonchev–Trinajstić information content (AvgIpc) is 2.03. The lowest BCUT2D eigenvalue weighted by atomic mass is 10.3. The second-order valence-electron chi connectivity index (χ2n) is 3.23. The molecule has 13 heavy (non-hydrogen) atoms. The Morgan fingerprint density at radius 1 is 1.00 bits per heavy atom. The molecular formula is C11H24O2. The highest BCUT2D eigenvalue weighted by molar-refractivity contribution is 5.72. The van der Waals surface area contributed by atoms with Crippen LogP contribution in [0.4, 0.5) is 0 Å². The van der Waals surface area contributed by atoms with E-state index in [2.05, 4.69) is 13.8 Å². The smallest absolute Gasteiger partial charge is 0.126 e. The first kappa shape index (κ1) is 15.1. The van der Waals surface area contributed by atoms with E-state index >= 15 is 0 Å². The normalized spacial score (nSPS) is 8.92. The number of ketones is 1. The van der Waals surface area contributed by atoms with Crippen LogP contribution in [-0.4, -0.2) is 19.0 Å². The molecule has 2 heteroatoms. The van der Waals surface area contributed by atoms with Crippen LogP contribution >= 0.6 is 0 Å². The van der Waals surface area contributed by atoms with Gasteiger partial charge in [0.1, 0.15) is 5.78 Å². The number of hydrogen-bond acceptors (Lipinski definition) is 2. The summed E-state index contributed by atoms with van der Waals surface area (Å²) in [6, 6.07) is 0. The molecule has 0 fully saturated rings. The first-order chi connectivity index (χ1) is 6.15. The zero-order chi connectivity index (χ0) is 10.5. The predicted octanol–water partition coefficient (Wildman–Crippen LogP) is 3.20. The fourth-order valence-corrected chi connectivity index (χ4v) is 0.595. The molecule has 0 saturated heterocycles. The van der Waals surface area contributed by atoms with Gasteiger partial charge in [-0.25, -0.2) is 0 Å². The molecular weight excluding hydrogens is 164 g/mol. The van der Waals surface area contributed by atoms with E-state index in [1.807, 2.05) is 0 Å². The molecule has 0 aromatic carbocycles. The Kier molecular flexibility index (Phi) is 16.5. The molecule has 0 heterocycles. The van der Waals surface area contributed by atoms with Crippen molar-refractivity contribution in [3.05, 3.63) is 0 Å². The van der Waals surface area contributed by atoms with Gasteiger partial charge in [0.05, 0.1) is 0 Å². The zero-order valence-electron chi connectivity index (χ0n) is 9.56. The second kappa shape index (κ2) is 14.2. The molecule has 2 nitrogen and oxygen atoms in total. The van der Waals surface area contributed by atoms with Crippen LogP contribution in [0.1, 0.15) is 53.4 Å². The van der Waals surface area contributed by atoms with Crippen molar-refractivity contribution >= 4 is 5.78 Å². The topological polar surface area (TPSA) is 26.3 Å². The van der Waals surface area contributed by atoms with E-state index in [0.29, 0.717) is 0 Å². The maximum atomic E-state index is 9.44. The van der Waals surface area contributed by atoms with Gasteiger partial charge in [-0.1, -0.05) is 26.7 Å². The van der Waals surface area contributed by atoms with Gasteiger partial charge in [-0.3, -0.25) is 0 Å². The summed E-state index contributed by atoms with van der Waals surface area (Å²) in [4.78, 5) is 9.44. The molecule has 0 bridgehead atoms. The van der Waals surface area contributed by atoms with E-state index in [9.17, 15) is 4.79 Å². The lowest BCUT2D eigenvalue weighted by Gasteiger charge is -1.99. The second-order valence-corrected chi connectivity index (χ2v) is 3.23. The summed E-state index contributed by atoms with van der Waals surface area (Å²) >= 11 is 0. The SMILES string of the molecule is CC(C)=O.CCCCOCCCC. The van der Waals surface area contributed by atoms with Gasteiger partial charge in [0.2, 0.25) is 0 Å². The van der Waals surface area contributed by atoms with Crippen molar-refractivity contribution < 1.29 is 9.53 Å². The van der Waals surface area contributed by atoms with Crippen molar-refractivity contribution in [2.75, 3.05) is 13.2 Å². The number of Topliss-reactive ketones (excluding diaryl/α,β-unsaturated/α-hetero) is 1. The molecule has 0 aliphatic carbocycles. The third-order valence-electron chi connectivity index (χ3n) is 1.28. The van der Waals surface area contributed by atoms with Crippen LogP contribution in [0.3, 0.4) is 0 Å². The Hall–Kier alpha value is -0.370. The van der Waals surface area contributed by atoms with Gasteiger partial charge in [0, 0.05) is 13.2 Å². The third kappa shape index (κ3) is 34.0. The van der Waals surface area contributed by atoms with Crippen molar-refractivity contribution in [3.8, 4) is 0 Å². The maximum absolute atomic E-state index is 9.44. The van der Waals surface area contributed by atoms with Gasteiger partial charge in [0.15, 0.2) is 0 Å². The fourth-order valence-electron chi connectivity index (χ4n) is 0.595. The van der Waals surface area contributed by atoms with Crippen molar-refractivity contribution in [2.24, 2.45) is 0 Å². The molecule has 0 rings (SSSR count).